The van der Waals surface area contributed by atoms with Crippen molar-refractivity contribution in [2.45, 2.75) is 32.5 Å². The lowest BCUT2D eigenvalue weighted by atomic mass is 10.1. The molecule has 0 bridgehead atoms. The zero-order valence-electron chi connectivity index (χ0n) is 17.3. The molecule has 164 valence electrons. The van der Waals surface area contributed by atoms with Gasteiger partial charge in [-0.05, 0) is 31.5 Å². The molecule has 0 spiro atoms. The number of rotatable bonds is 9. The van der Waals surface area contributed by atoms with E-state index in [1.807, 2.05) is 18.2 Å². The predicted molar refractivity (Wildman–Crippen MR) is 113 cm³/mol. The van der Waals surface area contributed by atoms with Crippen LogP contribution in [0.15, 0.2) is 60.7 Å². The van der Waals surface area contributed by atoms with Crippen LogP contribution in [0.4, 0.5) is 10.5 Å². The van der Waals surface area contributed by atoms with Gasteiger partial charge in [0.05, 0.1) is 0 Å². The number of ether oxygens (including phenoxy) is 1. The number of nitrogens with one attached hydrogen (secondary N) is 2. The first-order valence-corrected chi connectivity index (χ1v) is 9.64. The van der Waals surface area contributed by atoms with Crippen LogP contribution in [-0.4, -0.2) is 47.6 Å². The molecule has 9 nitrogen and oxygen atoms in total. The Morgan fingerprint density at radius 1 is 0.968 bits per heavy atom. The number of amides is 3. The lowest BCUT2D eigenvalue weighted by Crippen LogP contribution is -2.54. The second kappa shape index (κ2) is 11.3. The Morgan fingerprint density at radius 2 is 1.55 bits per heavy atom. The van der Waals surface area contributed by atoms with Crippen molar-refractivity contribution in [3.05, 3.63) is 66.2 Å². The van der Waals surface area contributed by atoms with Crippen molar-refractivity contribution in [2.24, 2.45) is 0 Å². The summed E-state index contributed by atoms with van der Waals surface area (Å²) in [6, 6.07) is 15.5. The molecule has 0 radical (unpaired) electrons. The molecule has 2 aromatic carbocycles. The van der Waals surface area contributed by atoms with Crippen LogP contribution >= 0.6 is 0 Å². The lowest BCUT2D eigenvalue weighted by Gasteiger charge is -2.30. The van der Waals surface area contributed by atoms with Crippen LogP contribution in [0.25, 0.3) is 0 Å². The van der Waals surface area contributed by atoms with E-state index < -0.39 is 42.5 Å². The minimum Gasteiger partial charge on any atom is -0.480 e. The molecule has 0 saturated heterocycles. The largest absolute Gasteiger partial charge is 0.480 e. The summed E-state index contributed by atoms with van der Waals surface area (Å²) in [5.74, 6) is -2.39. The molecule has 9 heteroatoms. The molecule has 31 heavy (non-hydrogen) atoms. The number of carboxylic acid groups (broad SMARTS) is 1. The fourth-order valence-electron chi connectivity index (χ4n) is 2.77. The van der Waals surface area contributed by atoms with Crippen molar-refractivity contribution in [2.75, 3.05) is 11.4 Å². The van der Waals surface area contributed by atoms with E-state index in [1.165, 1.54) is 18.7 Å². The third-order valence-corrected chi connectivity index (χ3v) is 4.37. The van der Waals surface area contributed by atoms with Gasteiger partial charge in [-0.15, -0.1) is 0 Å². The first-order chi connectivity index (χ1) is 14.8. The smallest absolute Gasteiger partial charge is 0.408 e. The molecule has 2 atom stereocenters. The van der Waals surface area contributed by atoms with Gasteiger partial charge in [-0.2, -0.15) is 0 Å². The average Bonchev–Trinajstić information content (AvgIpc) is 2.77. The van der Waals surface area contributed by atoms with Gasteiger partial charge in [0, 0.05) is 5.69 Å². The Balaban J connectivity index is 2.07. The van der Waals surface area contributed by atoms with Gasteiger partial charge in [-0.3, -0.25) is 19.3 Å². The summed E-state index contributed by atoms with van der Waals surface area (Å²) in [6.07, 6.45) is -0.777. The number of benzene rings is 2. The Labute approximate surface area is 180 Å². The number of hydrogen-bond donors (Lipinski definition) is 3. The number of aliphatic carboxylic acids is 1. The van der Waals surface area contributed by atoms with Gasteiger partial charge < -0.3 is 20.5 Å². The molecule has 0 fully saturated rings. The number of carbonyl (C=O) groups excluding carboxylic acids is 3. The minimum atomic E-state index is -1.20. The molecular formula is C22H25N3O6. The molecule has 3 N–H and O–H groups in total. The van der Waals surface area contributed by atoms with E-state index in [1.54, 1.807) is 42.5 Å². The zero-order valence-corrected chi connectivity index (χ0v) is 17.3. The topological polar surface area (TPSA) is 125 Å². The number of nitrogens with zero attached hydrogens (tertiary/aromatic N) is 1. The summed E-state index contributed by atoms with van der Waals surface area (Å²) >= 11 is 0. The minimum absolute atomic E-state index is 0.0456. The molecule has 0 aliphatic rings. The van der Waals surface area contributed by atoms with Crippen molar-refractivity contribution in [3.63, 3.8) is 0 Å². The van der Waals surface area contributed by atoms with E-state index in [0.717, 1.165) is 5.56 Å². The lowest BCUT2D eigenvalue weighted by molar-refractivity contribution is -0.138. The normalized spacial score (nSPS) is 12.2. The third kappa shape index (κ3) is 7.14. The Kier molecular flexibility index (Phi) is 8.56. The summed E-state index contributed by atoms with van der Waals surface area (Å²) in [4.78, 5) is 49.6. The van der Waals surface area contributed by atoms with Crippen LogP contribution in [0.2, 0.25) is 0 Å². The SMILES string of the molecule is CC(NC(=O)OCc1ccccc1)C(=O)N(c1ccccc1)C(C)C(=O)NCC(=O)O. The van der Waals surface area contributed by atoms with Crippen LogP contribution in [0.5, 0.6) is 0 Å². The molecule has 0 aromatic heterocycles. The van der Waals surface area contributed by atoms with E-state index in [0.29, 0.717) is 5.69 Å². The number of carboxylic acids is 1. The second-order valence-electron chi connectivity index (χ2n) is 6.76. The van der Waals surface area contributed by atoms with Crippen LogP contribution in [0.1, 0.15) is 19.4 Å². The Morgan fingerprint density at radius 3 is 2.13 bits per heavy atom. The first kappa shape index (κ1) is 23.4. The van der Waals surface area contributed by atoms with E-state index in [-0.39, 0.29) is 6.61 Å². The molecule has 0 aliphatic heterocycles. The fraction of sp³-hybridized carbons (Fsp3) is 0.273. The first-order valence-electron chi connectivity index (χ1n) is 9.64. The average molecular weight is 427 g/mol. The number of carbonyl (C=O) groups is 4. The van der Waals surface area contributed by atoms with Crippen molar-refractivity contribution in [1.82, 2.24) is 10.6 Å². The van der Waals surface area contributed by atoms with Gasteiger partial charge >= 0.3 is 12.1 Å². The molecule has 2 aromatic rings. The maximum absolute atomic E-state index is 13.1. The van der Waals surface area contributed by atoms with Crippen molar-refractivity contribution >= 4 is 29.6 Å². The number of para-hydroxylation sites is 1. The highest BCUT2D eigenvalue weighted by Gasteiger charge is 2.31. The summed E-state index contributed by atoms with van der Waals surface area (Å²) in [7, 11) is 0. The highest BCUT2D eigenvalue weighted by Crippen LogP contribution is 2.18. The van der Waals surface area contributed by atoms with Crippen molar-refractivity contribution in [1.29, 1.82) is 0 Å². The maximum Gasteiger partial charge on any atom is 0.408 e. The third-order valence-electron chi connectivity index (χ3n) is 4.37. The summed E-state index contributed by atoms with van der Waals surface area (Å²) in [6.45, 7) is 2.43. The van der Waals surface area contributed by atoms with E-state index >= 15 is 0 Å². The highest BCUT2D eigenvalue weighted by molar-refractivity contribution is 6.04. The van der Waals surface area contributed by atoms with E-state index in [4.69, 9.17) is 9.84 Å². The van der Waals surface area contributed by atoms with Crippen molar-refractivity contribution < 1.29 is 29.0 Å². The van der Waals surface area contributed by atoms with Gasteiger partial charge in [-0.25, -0.2) is 4.79 Å². The molecule has 3 amide bonds. The summed E-state index contributed by atoms with van der Waals surface area (Å²) < 4.78 is 5.14. The quantitative estimate of drug-likeness (QED) is 0.562. The Bertz CT molecular complexity index is 904. The standard InChI is InChI=1S/C22H25N3O6/c1-15(24-22(30)31-14-17-9-5-3-6-10-17)21(29)25(18-11-7-4-8-12-18)16(2)20(28)23-13-19(26)27/h3-12,15-16H,13-14H2,1-2H3,(H,23,28)(H,24,30)(H,26,27). The van der Waals surface area contributed by atoms with Gasteiger partial charge in [0.1, 0.15) is 25.2 Å². The highest BCUT2D eigenvalue weighted by atomic mass is 16.5. The number of alkyl carbamates (subject to hydrolysis) is 1. The molecule has 0 aliphatic carbocycles. The van der Waals surface area contributed by atoms with Gasteiger partial charge in [0.15, 0.2) is 0 Å². The van der Waals surface area contributed by atoms with E-state index in [9.17, 15) is 19.2 Å². The molecule has 2 rings (SSSR count). The number of anilines is 1. The molecule has 0 heterocycles. The van der Waals surface area contributed by atoms with Gasteiger partial charge in [-0.1, -0.05) is 48.5 Å². The molecule has 0 saturated carbocycles. The van der Waals surface area contributed by atoms with Crippen LogP contribution in [0.3, 0.4) is 0 Å². The molecule has 2 unspecified atom stereocenters. The molecular weight excluding hydrogens is 402 g/mol. The maximum atomic E-state index is 13.1. The monoisotopic (exact) mass is 427 g/mol. The number of hydrogen-bond acceptors (Lipinski definition) is 5. The van der Waals surface area contributed by atoms with Crippen molar-refractivity contribution in [3.8, 4) is 0 Å². The van der Waals surface area contributed by atoms with Gasteiger partial charge in [0.25, 0.3) is 0 Å². The van der Waals surface area contributed by atoms with E-state index in [2.05, 4.69) is 10.6 Å². The van der Waals surface area contributed by atoms with Crippen LogP contribution in [-0.2, 0) is 25.7 Å². The van der Waals surface area contributed by atoms with Crippen LogP contribution < -0.4 is 15.5 Å². The second-order valence-corrected chi connectivity index (χ2v) is 6.76. The zero-order chi connectivity index (χ0) is 22.8. The summed E-state index contributed by atoms with van der Waals surface area (Å²) in [5.41, 5.74) is 1.23. The predicted octanol–water partition coefficient (Wildman–Crippen LogP) is 1.92. The fourth-order valence-corrected chi connectivity index (χ4v) is 2.77. The van der Waals surface area contributed by atoms with Crippen LogP contribution in [0, 0.1) is 0 Å². The van der Waals surface area contributed by atoms with Gasteiger partial charge in [0.2, 0.25) is 11.8 Å². The summed E-state index contributed by atoms with van der Waals surface area (Å²) in [5, 5.41) is 13.5. The Hall–Kier alpha value is -3.88.